The Morgan fingerprint density at radius 3 is 1.61 bits per heavy atom. The lowest BCUT2D eigenvalue weighted by atomic mass is 9.60. The molecule has 0 amide bonds. The first-order valence-corrected chi connectivity index (χ1v) is 24.1. The molecule has 0 saturated heterocycles. The fourth-order valence-electron chi connectivity index (χ4n) is 11.5. The maximum absolute atomic E-state index is 9.06. The number of fused-ring (bicyclic) bond motifs is 3. The Morgan fingerprint density at radius 2 is 0.906 bits per heavy atom. The van der Waals surface area contributed by atoms with E-state index in [1.165, 1.54) is 76.3 Å². The molecule has 3 aliphatic carbocycles. The topological polar surface area (TPSA) is 4.93 Å². The number of rotatable bonds is 7. The zero-order valence-corrected chi connectivity index (χ0v) is 35.9. The minimum Gasteiger partial charge on any atom is -0.309 e. The molecule has 1 nitrogen and oxygen atoms in total. The molecule has 0 radical (unpaired) electrons. The zero-order chi connectivity index (χ0) is 46.5. The van der Waals surface area contributed by atoms with Crippen LogP contribution in [0.5, 0.6) is 0 Å². The number of benzene rings is 10. The third-order valence-electron chi connectivity index (χ3n) is 14.0. The molecule has 300 valence electrons. The van der Waals surface area contributed by atoms with Crippen LogP contribution in [0.4, 0.5) is 0 Å². The van der Waals surface area contributed by atoms with E-state index in [0.717, 1.165) is 16.4 Å². The SMILES string of the molecule is [2H]c1c([2H])c([2H])c(-c2cccc([Si](c3ccccc3)(c3ccccc3)c3cccc4c3C3c5ccccc5C4c4cccc(-c5cccc(-n6c7ccccc7c7ccccc76)c5)c43)c2)c([2H])c1[2H]. The molecule has 14 rings (SSSR count). The number of hydrogen-bond donors (Lipinski definition) is 0. The fraction of sp³-hybridized carbons (Fsp3) is 0.0323. The van der Waals surface area contributed by atoms with Crippen LogP contribution in [-0.2, 0) is 0 Å². The van der Waals surface area contributed by atoms with Gasteiger partial charge in [-0.3, -0.25) is 0 Å². The summed E-state index contributed by atoms with van der Waals surface area (Å²) in [7, 11) is -3.35. The van der Waals surface area contributed by atoms with Gasteiger partial charge in [0.25, 0.3) is 0 Å². The van der Waals surface area contributed by atoms with Gasteiger partial charge in [0, 0.05) is 28.3 Å². The summed E-state index contributed by atoms with van der Waals surface area (Å²) >= 11 is 0. The molecule has 0 saturated carbocycles. The Bertz CT molecular complexity index is 3760. The van der Waals surface area contributed by atoms with E-state index in [4.69, 9.17) is 6.85 Å². The average Bonchev–Trinajstić information content (AvgIpc) is 3.75. The van der Waals surface area contributed by atoms with Crippen LogP contribution >= 0.6 is 0 Å². The van der Waals surface area contributed by atoms with Gasteiger partial charge in [-0.15, -0.1) is 0 Å². The van der Waals surface area contributed by atoms with Crippen LogP contribution in [0.2, 0.25) is 0 Å². The van der Waals surface area contributed by atoms with E-state index in [2.05, 4.69) is 211 Å². The summed E-state index contributed by atoms with van der Waals surface area (Å²) < 4.78 is 46.2. The van der Waals surface area contributed by atoms with Crippen LogP contribution in [0, 0.1) is 0 Å². The Hall–Kier alpha value is -7.78. The van der Waals surface area contributed by atoms with Crippen molar-refractivity contribution >= 4 is 50.6 Å². The lowest BCUT2D eigenvalue weighted by molar-refractivity contribution is 0.760. The van der Waals surface area contributed by atoms with Crippen molar-refractivity contribution in [3.05, 3.63) is 282 Å². The molecule has 11 aromatic rings. The molecule has 2 unspecified atom stereocenters. The minimum atomic E-state index is -3.35. The first-order valence-electron chi connectivity index (χ1n) is 24.6. The van der Waals surface area contributed by atoms with Crippen molar-refractivity contribution in [3.8, 4) is 27.9 Å². The quantitative estimate of drug-likeness (QED) is 0.111. The highest BCUT2D eigenvalue weighted by Crippen LogP contribution is 2.57. The second-order valence-corrected chi connectivity index (χ2v) is 20.9. The monoisotopic (exact) mass is 834 g/mol. The largest absolute Gasteiger partial charge is 0.309 e. The van der Waals surface area contributed by atoms with Gasteiger partial charge in [-0.1, -0.05) is 224 Å². The number of aromatic nitrogens is 1. The highest BCUT2D eigenvalue weighted by molar-refractivity contribution is 7.20. The summed E-state index contributed by atoms with van der Waals surface area (Å²) in [5.41, 5.74) is 14.6. The van der Waals surface area contributed by atoms with Gasteiger partial charge in [0.1, 0.15) is 0 Å². The third-order valence-corrected chi connectivity index (χ3v) is 18.8. The van der Waals surface area contributed by atoms with Gasteiger partial charge < -0.3 is 4.57 Å². The third kappa shape index (κ3) is 5.36. The summed E-state index contributed by atoms with van der Waals surface area (Å²) in [6.07, 6.45) is 0. The Balaban J connectivity index is 1.09. The highest BCUT2D eigenvalue weighted by atomic mass is 28.3. The van der Waals surface area contributed by atoms with Gasteiger partial charge in [-0.05, 0) is 101 Å². The van der Waals surface area contributed by atoms with E-state index in [9.17, 15) is 0 Å². The van der Waals surface area contributed by atoms with E-state index >= 15 is 0 Å². The van der Waals surface area contributed by atoms with Crippen molar-refractivity contribution in [2.75, 3.05) is 0 Å². The van der Waals surface area contributed by atoms with Gasteiger partial charge in [0.2, 0.25) is 0 Å². The summed E-state index contributed by atoms with van der Waals surface area (Å²) in [6, 6.07) is 77.8. The van der Waals surface area contributed by atoms with E-state index < -0.39 is 14.1 Å². The lowest BCUT2D eigenvalue weighted by Crippen LogP contribution is -2.75. The van der Waals surface area contributed by atoms with Crippen LogP contribution in [0.25, 0.3) is 49.7 Å². The van der Waals surface area contributed by atoms with Crippen LogP contribution in [0.3, 0.4) is 0 Å². The second kappa shape index (κ2) is 14.7. The minimum absolute atomic E-state index is 0.00715. The summed E-state index contributed by atoms with van der Waals surface area (Å²) in [5.74, 6) is -0.115. The smallest absolute Gasteiger partial charge is 0.179 e. The van der Waals surface area contributed by atoms with Crippen LogP contribution in [0.1, 0.15) is 52.1 Å². The second-order valence-electron chi connectivity index (χ2n) is 17.1. The van der Waals surface area contributed by atoms with Gasteiger partial charge in [0.05, 0.1) is 17.9 Å². The van der Waals surface area contributed by atoms with Crippen molar-refractivity contribution in [2.45, 2.75) is 11.8 Å². The number of para-hydroxylation sites is 2. The molecular formula is C62H43NSi. The zero-order valence-electron chi connectivity index (χ0n) is 39.9. The molecule has 2 heteroatoms. The first-order chi connectivity index (χ1) is 33.9. The molecule has 64 heavy (non-hydrogen) atoms. The average molecular weight is 835 g/mol. The van der Waals surface area contributed by atoms with Gasteiger partial charge >= 0.3 is 0 Å². The standard InChI is InChI=1S/C62H43NSi/c1-4-20-42(21-5-1)43-22-17-29-48(41-43)64(46-25-6-2-7-26-46,47-27-8-3-9-28-47)58-39-19-36-55-59-52-32-10-11-33-53(52)62(61(55)58)60-49(34-18-35-54(59)60)44-23-16-24-45(40-44)63-56-37-14-12-30-50(56)51-31-13-15-38-57(51)63/h1-41,59,62H/i1D,4D,5D,20D,21D. The van der Waals surface area contributed by atoms with Crippen LogP contribution in [-0.4, -0.2) is 12.6 Å². The van der Waals surface area contributed by atoms with E-state index in [1.807, 2.05) is 12.1 Å². The predicted octanol–water partition coefficient (Wildman–Crippen LogP) is 12.5. The Labute approximate surface area is 382 Å². The van der Waals surface area contributed by atoms with Crippen molar-refractivity contribution in [2.24, 2.45) is 0 Å². The molecule has 10 aromatic carbocycles. The Morgan fingerprint density at radius 1 is 0.375 bits per heavy atom. The normalized spacial score (nSPS) is 16.0. The summed E-state index contributed by atoms with van der Waals surface area (Å²) in [6.45, 7) is 0. The van der Waals surface area contributed by atoms with Crippen molar-refractivity contribution < 1.29 is 6.85 Å². The first kappa shape index (κ1) is 32.0. The number of nitrogens with zero attached hydrogens (tertiary/aromatic N) is 1. The highest BCUT2D eigenvalue weighted by Gasteiger charge is 2.49. The van der Waals surface area contributed by atoms with E-state index in [-0.39, 0.29) is 41.6 Å². The molecule has 0 fully saturated rings. The molecule has 2 bridgehead atoms. The summed E-state index contributed by atoms with van der Waals surface area (Å²) in [5, 5.41) is 7.21. The van der Waals surface area contributed by atoms with Gasteiger partial charge in [0.15, 0.2) is 8.07 Å². The maximum Gasteiger partial charge on any atom is 0.179 e. The molecule has 2 atom stereocenters. The molecule has 1 heterocycles. The van der Waals surface area contributed by atoms with Gasteiger partial charge in [-0.25, -0.2) is 0 Å². The van der Waals surface area contributed by atoms with E-state index in [1.54, 1.807) is 0 Å². The predicted molar refractivity (Wildman–Crippen MR) is 270 cm³/mol. The van der Waals surface area contributed by atoms with E-state index in [0.29, 0.717) is 5.56 Å². The van der Waals surface area contributed by atoms with Crippen molar-refractivity contribution in [1.82, 2.24) is 4.57 Å². The molecule has 0 spiro atoms. The molecular weight excluding hydrogens is 787 g/mol. The lowest BCUT2D eigenvalue weighted by Gasteiger charge is -2.47. The fourth-order valence-corrected chi connectivity index (χ4v) is 16.6. The summed E-state index contributed by atoms with van der Waals surface area (Å²) in [4.78, 5) is 0. The maximum atomic E-state index is 9.06. The molecule has 3 aliphatic rings. The van der Waals surface area contributed by atoms with Crippen LogP contribution in [0.15, 0.2) is 249 Å². The number of hydrogen-bond acceptors (Lipinski definition) is 0. The molecule has 0 N–H and O–H groups in total. The Kier molecular flexibility index (Phi) is 7.32. The van der Waals surface area contributed by atoms with Crippen LogP contribution < -0.4 is 20.7 Å². The van der Waals surface area contributed by atoms with Crippen molar-refractivity contribution in [3.63, 3.8) is 0 Å². The van der Waals surface area contributed by atoms with Crippen molar-refractivity contribution in [1.29, 1.82) is 0 Å². The van der Waals surface area contributed by atoms with Gasteiger partial charge in [-0.2, -0.15) is 0 Å². The molecule has 0 aliphatic heterocycles. The molecule has 1 aromatic heterocycles.